The zero-order chi connectivity index (χ0) is 16.9. The fourth-order valence-electron chi connectivity index (χ4n) is 3.87. The first-order valence-electron chi connectivity index (χ1n) is 9.15. The SMILES string of the molecule is CCOC(=O)[C@H]1CCCN[C@H]1c1ccc(NC2CCCC2)c(I)c1. The van der Waals surface area contributed by atoms with Crippen LogP contribution in [0.1, 0.15) is 57.1 Å². The molecular weight excluding hydrogens is 415 g/mol. The van der Waals surface area contributed by atoms with Gasteiger partial charge in [0.1, 0.15) is 0 Å². The molecule has 132 valence electrons. The van der Waals surface area contributed by atoms with Crippen LogP contribution >= 0.6 is 22.6 Å². The number of ether oxygens (including phenoxy) is 1. The van der Waals surface area contributed by atoms with Crippen LogP contribution in [0.15, 0.2) is 18.2 Å². The highest BCUT2D eigenvalue weighted by molar-refractivity contribution is 14.1. The molecule has 2 fully saturated rings. The molecule has 3 rings (SSSR count). The van der Waals surface area contributed by atoms with Gasteiger partial charge in [-0.2, -0.15) is 0 Å². The Labute approximate surface area is 158 Å². The molecule has 0 unspecified atom stereocenters. The Morgan fingerprint density at radius 1 is 1.29 bits per heavy atom. The summed E-state index contributed by atoms with van der Waals surface area (Å²) in [4.78, 5) is 12.3. The van der Waals surface area contributed by atoms with Gasteiger partial charge in [-0.15, -0.1) is 0 Å². The summed E-state index contributed by atoms with van der Waals surface area (Å²) in [7, 11) is 0. The first-order chi connectivity index (χ1) is 11.7. The third-order valence-corrected chi connectivity index (χ3v) is 6.01. The summed E-state index contributed by atoms with van der Waals surface area (Å²) >= 11 is 2.40. The van der Waals surface area contributed by atoms with Crippen molar-refractivity contribution in [2.75, 3.05) is 18.5 Å². The molecule has 0 bridgehead atoms. The zero-order valence-electron chi connectivity index (χ0n) is 14.3. The van der Waals surface area contributed by atoms with Crippen LogP contribution in [0.3, 0.4) is 0 Å². The number of rotatable bonds is 5. The van der Waals surface area contributed by atoms with E-state index >= 15 is 0 Å². The highest BCUT2D eigenvalue weighted by atomic mass is 127. The molecule has 1 heterocycles. The number of esters is 1. The van der Waals surface area contributed by atoms with Crippen LogP contribution in [0, 0.1) is 9.49 Å². The summed E-state index contributed by atoms with van der Waals surface area (Å²) in [5.41, 5.74) is 2.41. The van der Waals surface area contributed by atoms with Gasteiger partial charge in [-0.1, -0.05) is 18.9 Å². The molecule has 2 atom stereocenters. The summed E-state index contributed by atoms with van der Waals surface area (Å²) in [5, 5.41) is 7.19. The molecular formula is C19H27IN2O2. The number of halogens is 1. The van der Waals surface area contributed by atoms with Gasteiger partial charge >= 0.3 is 5.97 Å². The zero-order valence-corrected chi connectivity index (χ0v) is 16.5. The predicted octanol–water partition coefficient (Wildman–Crippen LogP) is 4.25. The lowest BCUT2D eigenvalue weighted by Crippen LogP contribution is -2.39. The molecule has 0 spiro atoms. The van der Waals surface area contributed by atoms with Crippen LogP contribution < -0.4 is 10.6 Å². The number of hydrogen-bond acceptors (Lipinski definition) is 4. The van der Waals surface area contributed by atoms with E-state index in [1.54, 1.807) is 0 Å². The molecule has 1 aromatic carbocycles. The van der Waals surface area contributed by atoms with Gasteiger partial charge in [0.25, 0.3) is 0 Å². The van der Waals surface area contributed by atoms with Gasteiger partial charge in [-0.3, -0.25) is 4.79 Å². The smallest absolute Gasteiger partial charge is 0.310 e. The number of benzene rings is 1. The van der Waals surface area contributed by atoms with Crippen molar-refractivity contribution in [3.8, 4) is 0 Å². The fraction of sp³-hybridized carbons (Fsp3) is 0.632. The second-order valence-electron chi connectivity index (χ2n) is 6.80. The maximum atomic E-state index is 12.3. The molecule has 24 heavy (non-hydrogen) atoms. The van der Waals surface area contributed by atoms with Gasteiger partial charge in [-0.05, 0) is 79.4 Å². The maximum Gasteiger partial charge on any atom is 0.310 e. The van der Waals surface area contributed by atoms with Crippen LogP contribution in [0.25, 0.3) is 0 Å². The average molecular weight is 442 g/mol. The van der Waals surface area contributed by atoms with Crippen molar-refractivity contribution in [2.24, 2.45) is 5.92 Å². The van der Waals surface area contributed by atoms with Crippen LogP contribution in [-0.2, 0) is 9.53 Å². The molecule has 1 aromatic rings. The van der Waals surface area contributed by atoms with Crippen molar-refractivity contribution < 1.29 is 9.53 Å². The summed E-state index contributed by atoms with van der Waals surface area (Å²) in [5.74, 6) is -0.152. The normalized spacial score (nSPS) is 24.8. The third kappa shape index (κ3) is 4.23. The lowest BCUT2D eigenvalue weighted by atomic mass is 9.86. The van der Waals surface area contributed by atoms with E-state index < -0.39 is 0 Å². The molecule has 1 aliphatic carbocycles. The van der Waals surface area contributed by atoms with Gasteiger partial charge < -0.3 is 15.4 Å². The first-order valence-corrected chi connectivity index (χ1v) is 10.2. The van der Waals surface area contributed by atoms with Gasteiger partial charge in [0.15, 0.2) is 0 Å². The molecule has 1 saturated heterocycles. The quantitative estimate of drug-likeness (QED) is 0.529. The van der Waals surface area contributed by atoms with E-state index in [2.05, 4.69) is 51.4 Å². The van der Waals surface area contributed by atoms with Crippen LogP contribution in [0.4, 0.5) is 5.69 Å². The van der Waals surface area contributed by atoms with Crippen molar-refractivity contribution in [1.82, 2.24) is 5.32 Å². The first kappa shape index (κ1) is 18.0. The van der Waals surface area contributed by atoms with Crippen LogP contribution in [0.2, 0.25) is 0 Å². The summed E-state index contributed by atoms with van der Waals surface area (Å²) in [6.45, 7) is 3.28. The van der Waals surface area contributed by atoms with Gasteiger partial charge in [0, 0.05) is 21.3 Å². The lowest BCUT2D eigenvalue weighted by molar-refractivity contribution is -0.150. The Morgan fingerprint density at radius 3 is 2.79 bits per heavy atom. The summed E-state index contributed by atoms with van der Waals surface area (Å²) in [6.07, 6.45) is 7.13. The number of carbonyl (C=O) groups is 1. The van der Waals surface area contributed by atoms with E-state index in [9.17, 15) is 4.79 Å². The largest absolute Gasteiger partial charge is 0.466 e. The van der Waals surface area contributed by atoms with Crippen molar-refractivity contribution in [3.63, 3.8) is 0 Å². The highest BCUT2D eigenvalue weighted by Crippen LogP contribution is 2.33. The minimum atomic E-state index is -0.0804. The maximum absolute atomic E-state index is 12.3. The Kier molecular flexibility index (Phi) is 6.38. The summed E-state index contributed by atoms with van der Waals surface area (Å²) < 4.78 is 6.51. The number of carbonyl (C=O) groups excluding carboxylic acids is 1. The molecule has 1 aliphatic heterocycles. The minimum absolute atomic E-state index is 0.0619. The van der Waals surface area contributed by atoms with Crippen LogP contribution in [0.5, 0.6) is 0 Å². The van der Waals surface area contributed by atoms with Gasteiger partial charge in [0.05, 0.1) is 12.5 Å². The molecule has 1 saturated carbocycles. The number of nitrogens with one attached hydrogen (secondary N) is 2. The van der Waals surface area contributed by atoms with Gasteiger partial charge in [-0.25, -0.2) is 0 Å². The average Bonchev–Trinajstić information content (AvgIpc) is 3.10. The lowest BCUT2D eigenvalue weighted by Gasteiger charge is -2.31. The monoisotopic (exact) mass is 442 g/mol. The molecule has 0 radical (unpaired) electrons. The van der Waals surface area contributed by atoms with E-state index in [-0.39, 0.29) is 17.9 Å². The number of anilines is 1. The van der Waals surface area contributed by atoms with E-state index in [0.29, 0.717) is 12.6 Å². The van der Waals surface area contributed by atoms with Crippen molar-refractivity contribution >= 4 is 34.2 Å². The Bertz CT molecular complexity index is 572. The summed E-state index contributed by atoms with van der Waals surface area (Å²) in [6, 6.07) is 7.23. The predicted molar refractivity (Wildman–Crippen MR) is 105 cm³/mol. The van der Waals surface area contributed by atoms with Gasteiger partial charge in [0.2, 0.25) is 0 Å². The molecule has 4 nitrogen and oxygen atoms in total. The molecule has 0 aromatic heterocycles. The second-order valence-corrected chi connectivity index (χ2v) is 7.96. The molecule has 2 N–H and O–H groups in total. The van der Waals surface area contributed by atoms with E-state index in [4.69, 9.17) is 4.74 Å². The Hall–Kier alpha value is -0.820. The highest BCUT2D eigenvalue weighted by Gasteiger charge is 2.33. The van der Waals surface area contributed by atoms with E-state index in [1.807, 2.05) is 6.92 Å². The third-order valence-electron chi connectivity index (χ3n) is 5.11. The second kappa shape index (κ2) is 8.52. The van der Waals surface area contributed by atoms with Crippen molar-refractivity contribution in [3.05, 3.63) is 27.3 Å². The minimum Gasteiger partial charge on any atom is -0.466 e. The molecule has 0 amide bonds. The Balaban J connectivity index is 1.74. The Morgan fingerprint density at radius 2 is 2.08 bits per heavy atom. The van der Waals surface area contributed by atoms with E-state index in [0.717, 1.165) is 19.4 Å². The topological polar surface area (TPSA) is 50.4 Å². The van der Waals surface area contributed by atoms with Crippen LogP contribution in [-0.4, -0.2) is 25.2 Å². The number of piperidine rings is 1. The molecule has 5 heteroatoms. The van der Waals surface area contributed by atoms with E-state index in [1.165, 1.54) is 40.5 Å². The standard InChI is InChI=1S/C19H27IN2O2/c1-2-24-19(23)15-8-5-11-21-18(15)13-9-10-17(16(20)12-13)22-14-6-3-4-7-14/h9-10,12,14-15,18,21-22H,2-8,11H2,1H3/t15-,18-/m0/s1. The van der Waals surface area contributed by atoms with Crippen molar-refractivity contribution in [1.29, 1.82) is 0 Å². The molecule has 2 aliphatic rings. The number of hydrogen-bond donors (Lipinski definition) is 2. The van der Waals surface area contributed by atoms with Crippen molar-refractivity contribution in [2.45, 2.75) is 57.5 Å². The fourth-order valence-corrected chi connectivity index (χ4v) is 4.57.